The van der Waals surface area contributed by atoms with Crippen LogP contribution < -0.4 is 31.1 Å². The second-order valence-corrected chi connectivity index (χ2v) is 16.3. The van der Waals surface area contributed by atoms with Crippen LogP contribution in [0.3, 0.4) is 0 Å². The third kappa shape index (κ3) is 9.33. The highest BCUT2D eigenvalue weighted by molar-refractivity contribution is 6.47. The largest absolute Gasteiger partial charge is 0.383 e. The number of benzene rings is 4. The Labute approximate surface area is 357 Å². The number of para-hydroxylation sites is 2. The molecule has 2 heterocycles. The van der Waals surface area contributed by atoms with Gasteiger partial charge < -0.3 is 21.3 Å². The number of amides is 4. The van der Waals surface area contributed by atoms with Crippen molar-refractivity contribution in [1.82, 2.24) is 0 Å². The number of hydrogen-bond acceptors (Lipinski definition) is 8. The minimum atomic E-state index is -0.485. The molecule has 60 heavy (non-hydrogen) atoms. The van der Waals surface area contributed by atoms with Crippen molar-refractivity contribution in [3.8, 4) is 0 Å². The van der Waals surface area contributed by atoms with Gasteiger partial charge in [0.2, 0.25) is 0 Å². The molecule has 0 spiro atoms. The van der Waals surface area contributed by atoms with Gasteiger partial charge in [0.15, 0.2) is 0 Å². The lowest BCUT2D eigenvalue weighted by Crippen LogP contribution is -2.45. The minimum absolute atomic E-state index is 0.303. The number of hydrogen-bond donors (Lipinski definition) is 4. The normalized spacial score (nSPS) is 13.4. The van der Waals surface area contributed by atoms with Crippen molar-refractivity contribution in [2.45, 2.75) is 130 Å². The Kier molecular flexibility index (Phi) is 16.0. The van der Waals surface area contributed by atoms with Crippen molar-refractivity contribution in [3.05, 3.63) is 82.9 Å². The molecule has 2 aliphatic rings. The Morgan fingerprint density at radius 2 is 0.600 bits per heavy atom. The molecule has 0 radical (unpaired) electrons. The average molecular weight is 815 g/mol. The third-order valence-electron chi connectivity index (χ3n) is 11.8. The molecule has 320 valence electrons. The SMILES string of the molecule is CCCCCCNc1c(NCCCCCC)c2c3c(c(NCCCCCC)c(NCCCCCC)c4c3c1C(=O)N(c1ccccc1)C4=O)C(=O)N(c1ccccc1)C2=O. The van der Waals surface area contributed by atoms with Crippen molar-refractivity contribution in [3.63, 3.8) is 0 Å². The summed E-state index contributed by atoms with van der Waals surface area (Å²) in [5.74, 6) is -1.94. The van der Waals surface area contributed by atoms with Gasteiger partial charge in [-0.25, -0.2) is 9.80 Å². The van der Waals surface area contributed by atoms with E-state index in [0.29, 0.717) is 93.3 Å². The first-order valence-corrected chi connectivity index (χ1v) is 23.0. The number of rotatable bonds is 26. The summed E-state index contributed by atoms with van der Waals surface area (Å²) in [5, 5.41) is 15.4. The van der Waals surface area contributed by atoms with E-state index in [1.807, 2.05) is 36.4 Å². The molecule has 10 nitrogen and oxygen atoms in total. The number of nitrogens with zero attached hydrogens (tertiary/aromatic N) is 2. The first-order chi connectivity index (χ1) is 29.4. The second kappa shape index (κ2) is 21.7. The van der Waals surface area contributed by atoms with Crippen LogP contribution in [-0.2, 0) is 0 Å². The number of unbranched alkanes of at least 4 members (excludes halogenated alkanes) is 12. The van der Waals surface area contributed by atoms with Crippen molar-refractivity contribution < 1.29 is 19.2 Å². The summed E-state index contributed by atoms with van der Waals surface area (Å²) in [7, 11) is 0. The molecular formula is C50H66N6O4. The van der Waals surface area contributed by atoms with Gasteiger partial charge in [0.25, 0.3) is 23.6 Å². The maximum atomic E-state index is 15.3. The predicted octanol–water partition coefficient (Wildman–Crippen LogP) is 12.4. The lowest BCUT2D eigenvalue weighted by molar-refractivity contribution is 0.0874. The zero-order chi connectivity index (χ0) is 42.4. The van der Waals surface area contributed by atoms with Crippen LogP contribution >= 0.6 is 0 Å². The van der Waals surface area contributed by atoms with Gasteiger partial charge in [-0.15, -0.1) is 0 Å². The van der Waals surface area contributed by atoms with Gasteiger partial charge in [-0.2, -0.15) is 0 Å². The van der Waals surface area contributed by atoms with Crippen LogP contribution in [0, 0.1) is 0 Å². The molecule has 4 aromatic carbocycles. The molecule has 6 rings (SSSR count). The van der Waals surface area contributed by atoms with Crippen molar-refractivity contribution in [2.24, 2.45) is 0 Å². The van der Waals surface area contributed by atoms with Gasteiger partial charge in [0.1, 0.15) is 0 Å². The van der Waals surface area contributed by atoms with Crippen LogP contribution in [0.15, 0.2) is 60.7 Å². The van der Waals surface area contributed by atoms with Crippen molar-refractivity contribution in [2.75, 3.05) is 57.2 Å². The quantitative estimate of drug-likeness (QED) is 0.0365. The fourth-order valence-electron chi connectivity index (χ4n) is 8.63. The lowest BCUT2D eigenvalue weighted by Gasteiger charge is -2.37. The highest BCUT2D eigenvalue weighted by atomic mass is 16.2. The molecule has 0 saturated heterocycles. The molecule has 2 aliphatic heterocycles. The van der Waals surface area contributed by atoms with Crippen molar-refractivity contribution in [1.29, 1.82) is 0 Å². The van der Waals surface area contributed by atoms with Gasteiger partial charge in [0, 0.05) is 37.0 Å². The summed E-state index contributed by atoms with van der Waals surface area (Å²) in [6, 6.07) is 18.2. The predicted molar refractivity (Wildman–Crippen MR) is 250 cm³/mol. The molecule has 0 saturated carbocycles. The standard InChI is InChI=1S/C50H66N6O4/c1-5-9-13-23-31-51-43-39-37-38-40(44(43)52-32-24-14-10-6-2)48(58)56(36-29-21-18-22-30-36)50(60)42(38)46(54-34-26-16-12-8-4)45(53-33-25-15-11-7-3)41(37)49(59)55(47(39)57)35-27-19-17-20-28-35/h17-22,27-30,51-54H,5-16,23-26,31-34H2,1-4H3. The maximum absolute atomic E-state index is 15.3. The van der Waals surface area contributed by atoms with Crippen LogP contribution in [0.1, 0.15) is 172 Å². The van der Waals surface area contributed by atoms with E-state index in [4.69, 9.17) is 0 Å². The van der Waals surface area contributed by atoms with Gasteiger partial charge >= 0.3 is 0 Å². The maximum Gasteiger partial charge on any atom is 0.268 e. The topological polar surface area (TPSA) is 123 Å². The number of nitrogens with one attached hydrogen (secondary N) is 4. The number of imide groups is 2. The van der Waals surface area contributed by atoms with E-state index in [9.17, 15) is 0 Å². The zero-order valence-corrected chi connectivity index (χ0v) is 36.4. The van der Waals surface area contributed by atoms with Crippen molar-refractivity contribution >= 4 is 68.5 Å². The number of anilines is 6. The molecule has 0 fully saturated rings. The Bertz CT molecular complexity index is 1860. The van der Waals surface area contributed by atoms with E-state index in [1.165, 1.54) is 9.80 Å². The van der Waals surface area contributed by atoms with E-state index in [2.05, 4.69) is 49.0 Å². The van der Waals surface area contributed by atoms with Gasteiger partial charge in [-0.05, 0) is 49.9 Å². The summed E-state index contributed by atoms with van der Waals surface area (Å²) >= 11 is 0. The van der Waals surface area contributed by atoms with Crippen LogP contribution in [-0.4, -0.2) is 49.8 Å². The van der Waals surface area contributed by atoms with Gasteiger partial charge in [-0.1, -0.05) is 141 Å². The molecule has 0 atom stereocenters. The average Bonchev–Trinajstić information content (AvgIpc) is 3.26. The monoisotopic (exact) mass is 815 g/mol. The summed E-state index contributed by atoms with van der Waals surface area (Å²) < 4.78 is 0. The van der Waals surface area contributed by atoms with Gasteiger partial charge in [0.05, 0.1) is 56.4 Å². The molecule has 0 aromatic heterocycles. The minimum Gasteiger partial charge on any atom is -0.383 e. The molecule has 4 N–H and O–H groups in total. The molecule has 0 unspecified atom stereocenters. The van der Waals surface area contributed by atoms with E-state index in [1.54, 1.807) is 24.3 Å². The Hall–Kier alpha value is -5.38. The van der Waals surface area contributed by atoms with E-state index >= 15 is 19.2 Å². The van der Waals surface area contributed by atoms with E-state index in [0.717, 1.165) is 103 Å². The summed E-state index contributed by atoms with van der Waals surface area (Å²) in [6.45, 7) is 10.9. The number of carbonyl (C=O) groups excluding carboxylic acids is 4. The molecule has 0 aliphatic carbocycles. The fourth-order valence-corrected chi connectivity index (χ4v) is 8.63. The van der Waals surface area contributed by atoms with Crippen LogP contribution in [0.2, 0.25) is 0 Å². The molecule has 0 bridgehead atoms. The Balaban J connectivity index is 1.72. The van der Waals surface area contributed by atoms with Crippen LogP contribution in [0.25, 0.3) is 10.8 Å². The first-order valence-electron chi connectivity index (χ1n) is 23.0. The molecular weight excluding hydrogens is 749 g/mol. The van der Waals surface area contributed by atoms with Crippen LogP contribution in [0.4, 0.5) is 34.1 Å². The highest BCUT2D eigenvalue weighted by Gasteiger charge is 2.47. The van der Waals surface area contributed by atoms with Gasteiger partial charge in [-0.3, -0.25) is 19.2 Å². The third-order valence-corrected chi connectivity index (χ3v) is 11.8. The summed E-state index contributed by atoms with van der Waals surface area (Å²) in [4.78, 5) is 63.9. The number of carbonyl (C=O) groups is 4. The zero-order valence-electron chi connectivity index (χ0n) is 36.4. The van der Waals surface area contributed by atoms with Crippen LogP contribution in [0.5, 0.6) is 0 Å². The molecule has 4 amide bonds. The summed E-state index contributed by atoms with van der Waals surface area (Å²) in [5.41, 5.74) is 4.13. The molecule has 10 heteroatoms. The lowest BCUT2D eigenvalue weighted by atomic mass is 9.81. The highest BCUT2D eigenvalue weighted by Crippen LogP contribution is 2.52. The fraction of sp³-hybridized carbons (Fsp3) is 0.480. The smallest absolute Gasteiger partial charge is 0.268 e. The Morgan fingerprint density at radius 3 is 0.833 bits per heavy atom. The van der Waals surface area contributed by atoms with E-state index < -0.39 is 23.6 Å². The first kappa shape index (κ1) is 44.2. The second-order valence-electron chi connectivity index (χ2n) is 16.3. The van der Waals surface area contributed by atoms with E-state index in [-0.39, 0.29) is 0 Å². The summed E-state index contributed by atoms with van der Waals surface area (Å²) in [6.07, 6.45) is 16.1. The molecule has 4 aromatic rings. The Morgan fingerprint density at radius 1 is 0.350 bits per heavy atom.